The molecule has 2 unspecified atom stereocenters. The molecule has 98 heavy (non-hydrogen) atoms. The van der Waals surface area contributed by atoms with Gasteiger partial charge in [-0.2, -0.15) is 0 Å². The minimum Gasteiger partial charge on any atom is -0.462 e. The molecule has 0 aromatic carbocycles. The van der Waals surface area contributed by atoms with E-state index in [0.29, 0.717) is 25.7 Å². The molecule has 0 aliphatic carbocycles. The third kappa shape index (κ3) is 72.4. The van der Waals surface area contributed by atoms with Gasteiger partial charge in [0.25, 0.3) is 0 Å². The lowest BCUT2D eigenvalue weighted by molar-refractivity contribution is -0.161. The Morgan fingerprint density at radius 3 is 0.694 bits per heavy atom. The van der Waals surface area contributed by atoms with Crippen LogP contribution in [0.4, 0.5) is 0 Å². The summed E-state index contributed by atoms with van der Waals surface area (Å²) in [6.45, 7) is 9.64. The molecule has 0 fully saturated rings. The molecule has 0 radical (unpaired) electrons. The number of unbranched alkanes of at least 4 members (excludes halogenated alkanes) is 48. The number of phosphoric ester groups is 2. The second-order valence-electron chi connectivity index (χ2n) is 29.4. The summed E-state index contributed by atoms with van der Waals surface area (Å²) in [6.07, 6.45) is 59.5. The van der Waals surface area contributed by atoms with Gasteiger partial charge in [-0.25, -0.2) is 9.13 Å². The maximum Gasteiger partial charge on any atom is 0.472 e. The largest absolute Gasteiger partial charge is 0.472 e. The molecule has 0 aliphatic heterocycles. The monoisotopic (exact) mass is 1440 g/mol. The van der Waals surface area contributed by atoms with Crippen molar-refractivity contribution in [2.75, 3.05) is 39.6 Å². The van der Waals surface area contributed by atoms with Crippen LogP contribution in [0, 0.1) is 11.8 Å². The Hall–Kier alpha value is -1.94. The van der Waals surface area contributed by atoms with E-state index in [-0.39, 0.29) is 25.7 Å². The minimum atomic E-state index is -4.96. The van der Waals surface area contributed by atoms with Crippen LogP contribution in [0.3, 0.4) is 0 Å². The molecule has 0 amide bonds. The lowest BCUT2D eigenvalue weighted by Gasteiger charge is -2.21. The highest BCUT2D eigenvalue weighted by Crippen LogP contribution is 2.45. The van der Waals surface area contributed by atoms with E-state index in [1.165, 1.54) is 231 Å². The number of esters is 4. The van der Waals surface area contributed by atoms with Gasteiger partial charge in [0.05, 0.1) is 26.4 Å². The molecule has 0 aromatic heterocycles. The summed E-state index contributed by atoms with van der Waals surface area (Å²) < 4.78 is 68.7. The van der Waals surface area contributed by atoms with E-state index in [9.17, 15) is 43.2 Å². The van der Waals surface area contributed by atoms with Gasteiger partial charge in [-0.3, -0.25) is 37.3 Å². The number of rotatable bonds is 78. The summed E-state index contributed by atoms with van der Waals surface area (Å²) in [5, 5.41) is 10.6. The fourth-order valence-corrected chi connectivity index (χ4v) is 13.8. The first-order chi connectivity index (χ1) is 47.4. The van der Waals surface area contributed by atoms with Crippen molar-refractivity contribution < 1.29 is 80.2 Å². The van der Waals surface area contributed by atoms with E-state index >= 15 is 0 Å². The number of aliphatic hydroxyl groups excluding tert-OH is 1. The average Bonchev–Trinajstić information content (AvgIpc) is 1.03. The maximum absolute atomic E-state index is 13.1. The first kappa shape index (κ1) is 96.1. The Bertz CT molecular complexity index is 1890. The third-order valence-electron chi connectivity index (χ3n) is 18.5. The van der Waals surface area contributed by atoms with Crippen LogP contribution in [0.2, 0.25) is 0 Å². The highest BCUT2D eigenvalue weighted by atomic mass is 31.2. The number of phosphoric acid groups is 2. The number of carbonyl (C=O) groups excluding carboxylic acids is 4. The lowest BCUT2D eigenvalue weighted by atomic mass is 10.0. The predicted octanol–water partition coefficient (Wildman–Crippen LogP) is 23.5. The molecular weight excluding hydrogens is 1280 g/mol. The third-order valence-corrected chi connectivity index (χ3v) is 20.4. The summed E-state index contributed by atoms with van der Waals surface area (Å²) in [7, 11) is -9.92. The van der Waals surface area contributed by atoms with Gasteiger partial charge in [-0.1, -0.05) is 363 Å². The van der Waals surface area contributed by atoms with E-state index in [1.807, 2.05) is 0 Å². The zero-order valence-electron chi connectivity index (χ0n) is 64.1. The van der Waals surface area contributed by atoms with Gasteiger partial charge in [0.2, 0.25) is 0 Å². The van der Waals surface area contributed by atoms with Crippen molar-refractivity contribution in [2.24, 2.45) is 11.8 Å². The van der Waals surface area contributed by atoms with E-state index in [1.54, 1.807) is 0 Å². The van der Waals surface area contributed by atoms with Crippen LogP contribution in [0.5, 0.6) is 0 Å². The predicted molar refractivity (Wildman–Crippen MR) is 400 cm³/mol. The lowest BCUT2D eigenvalue weighted by Crippen LogP contribution is -2.30. The molecule has 582 valence electrons. The Balaban J connectivity index is 5.26. The molecule has 0 aromatic rings. The Kier molecular flexibility index (Phi) is 69.3. The van der Waals surface area contributed by atoms with Crippen molar-refractivity contribution in [2.45, 2.75) is 432 Å². The van der Waals surface area contributed by atoms with Crippen LogP contribution in [0.15, 0.2) is 0 Å². The maximum atomic E-state index is 13.1. The Morgan fingerprint density at radius 1 is 0.276 bits per heavy atom. The van der Waals surface area contributed by atoms with Gasteiger partial charge < -0.3 is 33.8 Å². The van der Waals surface area contributed by atoms with Gasteiger partial charge in [0, 0.05) is 25.7 Å². The number of aliphatic hydroxyl groups is 1. The van der Waals surface area contributed by atoms with Crippen LogP contribution >= 0.6 is 15.6 Å². The molecule has 0 heterocycles. The Labute approximate surface area is 600 Å². The summed E-state index contributed by atoms with van der Waals surface area (Å²) >= 11 is 0. The molecule has 0 bridgehead atoms. The normalized spacial score (nSPS) is 13.9. The average molecular weight is 1440 g/mol. The molecule has 5 atom stereocenters. The molecule has 0 rings (SSSR count). The standard InChI is InChI=1S/C79H154O17P2/c1-7-9-11-13-15-17-19-21-23-27-31-38-44-50-56-62-77(82)90-67-74(95-78(83)63-57-51-45-39-32-28-25-22-24-26-29-35-41-47-53-59-71(3)4)69-93-97(85,86)91-65-73(80)66-92-98(87,88)94-70-75(68-89-76(81)61-55-49-43-37-30-20-18-16-14-12-10-8-2)96-79(84)64-58-52-46-40-34-33-36-42-48-54-60-72(5)6/h71-75,80H,7-70H2,1-6H3,(H,85,86)(H,87,88)/t73-,74-,75-/m1/s1. The highest BCUT2D eigenvalue weighted by Gasteiger charge is 2.30. The van der Waals surface area contributed by atoms with Crippen molar-refractivity contribution in [3.8, 4) is 0 Å². The van der Waals surface area contributed by atoms with Crippen molar-refractivity contribution in [3.63, 3.8) is 0 Å². The molecule has 17 nitrogen and oxygen atoms in total. The van der Waals surface area contributed by atoms with Gasteiger partial charge in [-0.05, 0) is 37.5 Å². The fourth-order valence-electron chi connectivity index (χ4n) is 12.2. The smallest absolute Gasteiger partial charge is 0.462 e. The molecule has 3 N–H and O–H groups in total. The van der Waals surface area contributed by atoms with Gasteiger partial charge in [-0.15, -0.1) is 0 Å². The van der Waals surface area contributed by atoms with Gasteiger partial charge >= 0.3 is 39.5 Å². The SMILES string of the molecule is CCCCCCCCCCCCCCCCCC(=O)OC[C@H](COP(=O)(O)OC[C@@H](O)COP(=O)(O)OC[C@@H](COC(=O)CCCCCCCCCCCCCC)OC(=O)CCCCCCCCCCCCC(C)C)OC(=O)CCCCCCCCCCCCCCCCCC(C)C. The number of hydrogen-bond donors (Lipinski definition) is 3. The number of carbonyl (C=O) groups is 4. The molecule has 0 saturated carbocycles. The highest BCUT2D eigenvalue weighted by molar-refractivity contribution is 7.47. The van der Waals surface area contributed by atoms with Crippen LogP contribution in [0.1, 0.15) is 414 Å². The summed E-state index contributed by atoms with van der Waals surface area (Å²) in [6, 6.07) is 0. The van der Waals surface area contributed by atoms with E-state index in [2.05, 4.69) is 41.5 Å². The van der Waals surface area contributed by atoms with Crippen molar-refractivity contribution in [1.82, 2.24) is 0 Å². The second-order valence-corrected chi connectivity index (χ2v) is 32.3. The van der Waals surface area contributed by atoms with Gasteiger partial charge in [0.1, 0.15) is 19.3 Å². The quantitative estimate of drug-likeness (QED) is 0.0222. The molecule has 0 aliphatic rings. The van der Waals surface area contributed by atoms with Crippen LogP contribution in [-0.4, -0.2) is 96.7 Å². The minimum absolute atomic E-state index is 0.106. The summed E-state index contributed by atoms with van der Waals surface area (Å²) in [4.78, 5) is 73.0. The zero-order chi connectivity index (χ0) is 72.1. The summed E-state index contributed by atoms with van der Waals surface area (Å²) in [5.41, 5.74) is 0. The summed E-state index contributed by atoms with van der Waals surface area (Å²) in [5.74, 6) is -0.554. The van der Waals surface area contributed by atoms with Crippen LogP contribution in [-0.2, 0) is 65.4 Å². The van der Waals surface area contributed by atoms with Crippen molar-refractivity contribution in [3.05, 3.63) is 0 Å². The van der Waals surface area contributed by atoms with Crippen LogP contribution < -0.4 is 0 Å². The first-order valence-electron chi connectivity index (χ1n) is 41.0. The number of ether oxygens (including phenoxy) is 4. The Morgan fingerprint density at radius 2 is 0.469 bits per heavy atom. The molecule has 0 spiro atoms. The van der Waals surface area contributed by atoms with Crippen molar-refractivity contribution >= 4 is 39.5 Å². The topological polar surface area (TPSA) is 237 Å². The van der Waals surface area contributed by atoms with E-state index in [4.69, 9.17) is 37.0 Å². The van der Waals surface area contributed by atoms with Gasteiger partial charge in [0.15, 0.2) is 12.2 Å². The van der Waals surface area contributed by atoms with Crippen molar-refractivity contribution in [1.29, 1.82) is 0 Å². The van der Waals surface area contributed by atoms with E-state index < -0.39 is 97.5 Å². The number of hydrogen-bond acceptors (Lipinski definition) is 15. The molecular formula is C79H154O17P2. The molecule has 19 heteroatoms. The first-order valence-corrected chi connectivity index (χ1v) is 44.0. The van der Waals surface area contributed by atoms with Crippen LogP contribution in [0.25, 0.3) is 0 Å². The molecule has 0 saturated heterocycles. The fraction of sp³-hybridized carbons (Fsp3) is 0.949. The zero-order valence-corrected chi connectivity index (χ0v) is 65.9. The van der Waals surface area contributed by atoms with E-state index in [0.717, 1.165) is 102 Å². The second kappa shape index (κ2) is 70.7.